The lowest BCUT2D eigenvalue weighted by Crippen LogP contribution is -2.27. The number of aliphatic hydroxyl groups is 1. The van der Waals surface area contributed by atoms with E-state index in [0.717, 1.165) is 27.5 Å². The monoisotopic (exact) mass is 238 g/mol. The summed E-state index contributed by atoms with van der Waals surface area (Å²) in [6.45, 7) is 0.0891. The molecule has 0 aliphatic carbocycles. The van der Waals surface area contributed by atoms with Gasteiger partial charge in [0.1, 0.15) is 11.5 Å². The van der Waals surface area contributed by atoms with E-state index in [2.05, 4.69) is 12.1 Å². The van der Waals surface area contributed by atoms with E-state index in [9.17, 15) is 5.11 Å². The molecule has 90 valence electrons. The molecule has 0 spiro atoms. The number of ether oxygens (including phenoxy) is 1. The Kier molecular flexibility index (Phi) is 2.87. The molecule has 1 aliphatic heterocycles. The SMILES string of the molecule is OCCC1=c2ccccc2=Cc2ccccc2O1. The Morgan fingerprint density at radius 2 is 1.72 bits per heavy atom. The Bertz CT molecular complexity index is 686. The number of hydrogen-bond acceptors (Lipinski definition) is 2. The lowest BCUT2D eigenvalue weighted by molar-refractivity contribution is 0.292. The fourth-order valence-electron chi connectivity index (χ4n) is 2.21. The molecule has 2 nitrogen and oxygen atoms in total. The van der Waals surface area contributed by atoms with Crippen LogP contribution in [-0.2, 0) is 0 Å². The van der Waals surface area contributed by atoms with Crippen molar-refractivity contribution in [3.05, 3.63) is 64.5 Å². The Morgan fingerprint density at radius 1 is 0.944 bits per heavy atom. The van der Waals surface area contributed by atoms with Crippen molar-refractivity contribution in [1.82, 2.24) is 0 Å². The minimum Gasteiger partial charge on any atom is -0.460 e. The number of hydrogen-bond donors (Lipinski definition) is 1. The molecule has 0 unspecified atom stereocenters. The number of fused-ring (bicyclic) bond motifs is 2. The zero-order valence-corrected chi connectivity index (χ0v) is 9.97. The zero-order valence-electron chi connectivity index (χ0n) is 9.97. The molecule has 0 atom stereocenters. The molecule has 2 heteroatoms. The van der Waals surface area contributed by atoms with E-state index >= 15 is 0 Å². The second-order valence-electron chi connectivity index (χ2n) is 4.27. The van der Waals surface area contributed by atoms with E-state index in [-0.39, 0.29) is 6.61 Å². The summed E-state index contributed by atoms with van der Waals surface area (Å²) in [4.78, 5) is 0. The normalized spacial score (nSPS) is 12.8. The lowest BCUT2D eigenvalue weighted by atomic mass is 10.1. The molecule has 0 saturated carbocycles. The Morgan fingerprint density at radius 3 is 2.61 bits per heavy atom. The van der Waals surface area contributed by atoms with Crippen LogP contribution in [0.2, 0.25) is 0 Å². The van der Waals surface area contributed by atoms with Crippen LogP contribution in [0.25, 0.3) is 11.8 Å². The van der Waals surface area contributed by atoms with Crippen LogP contribution >= 0.6 is 0 Å². The maximum atomic E-state index is 9.17. The van der Waals surface area contributed by atoms with Crippen LogP contribution in [0.15, 0.2) is 48.5 Å². The van der Waals surface area contributed by atoms with Crippen molar-refractivity contribution in [2.45, 2.75) is 6.42 Å². The average molecular weight is 238 g/mol. The van der Waals surface area contributed by atoms with Crippen LogP contribution in [0.5, 0.6) is 5.75 Å². The number of benzene rings is 2. The first kappa shape index (κ1) is 11.1. The molecule has 0 saturated heterocycles. The molecule has 0 amide bonds. The van der Waals surface area contributed by atoms with Gasteiger partial charge in [0.25, 0.3) is 0 Å². The third-order valence-electron chi connectivity index (χ3n) is 3.06. The number of aliphatic hydroxyl groups excluding tert-OH is 1. The molecule has 18 heavy (non-hydrogen) atoms. The summed E-state index contributed by atoms with van der Waals surface area (Å²) < 4.78 is 5.95. The predicted octanol–water partition coefficient (Wildman–Crippen LogP) is 1.40. The molecule has 1 heterocycles. The summed E-state index contributed by atoms with van der Waals surface area (Å²) in [7, 11) is 0. The molecule has 0 fully saturated rings. The fraction of sp³-hybridized carbons (Fsp3) is 0.125. The maximum absolute atomic E-state index is 9.17. The molecule has 0 radical (unpaired) electrons. The summed E-state index contributed by atoms with van der Waals surface area (Å²) >= 11 is 0. The largest absolute Gasteiger partial charge is 0.460 e. The first-order valence-corrected chi connectivity index (χ1v) is 6.06. The van der Waals surface area contributed by atoms with Crippen molar-refractivity contribution >= 4 is 11.8 Å². The van der Waals surface area contributed by atoms with Gasteiger partial charge in [-0.15, -0.1) is 0 Å². The van der Waals surface area contributed by atoms with Crippen molar-refractivity contribution in [2.75, 3.05) is 6.61 Å². The Balaban J connectivity index is 2.31. The van der Waals surface area contributed by atoms with Gasteiger partial charge in [0, 0.05) is 17.2 Å². The molecular formula is C16H14O2. The highest BCUT2D eigenvalue weighted by molar-refractivity contribution is 5.62. The molecule has 2 aromatic rings. The second-order valence-corrected chi connectivity index (χ2v) is 4.27. The van der Waals surface area contributed by atoms with Gasteiger partial charge in [-0.05, 0) is 17.4 Å². The van der Waals surface area contributed by atoms with Crippen molar-refractivity contribution in [1.29, 1.82) is 0 Å². The topological polar surface area (TPSA) is 29.5 Å². The van der Waals surface area contributed by atoms with Gasteiger partial charge in [-0.1, -0.05) is 42.5 Å². The van der Waals surface area contributed by atoms with Crippen molar-refractivity contribution in [3.63, 3.8) is 0 Å². The van der Waals surface area contributed by atoms with Crippen LogP contribution in [0, 0.1) is 0 Å². The third kappa shape index (κ3) is 1.91. The van der Waals surface area contributed by atoms with Gasteiger partial charge in [-0.2, -0.15) is 0 Å². The molecule has 0 aromatic heterocycles. The summed E-state index contributed by atoms with van der Waals surface area (Å²) in [5.74, 6) is 1.67. The van der Waals surface area contributed by atoms with Crippen LogP contribution in [0.3, 0.4) is 0 Å². The van der Waals surface area contributed by atoms with Gasteiger partial charge in [-0.3, -0.25) is 0 Å². The van der Waals surface area contributed by atoms with Gasteiger partial charge < -0.3 is 9.84 Å². The summed E-state index contributed by atoms with van der Waals surface area (Å²) in [5.41, 5.74) is 1.07. The van der Waals surface area contributed by atoms with Crippen molar-refractivity contribution < 1.29 is 9.84 Å². The van der Waals surface area contributed by atoms with Crippen molar-refractivity contribution in [2.24, 2.45) is 0 Å². The van der Waals surface area contributed by atoms with Crippen LogP contribution in [0.1, 0.15) is 12.0 Å². The Labute approximate surface area is 105 Å². The highest BCUT2D eigenvalue weighted by Crippen LogP contribution is 2.22. The fourth-order valence-corrected chi connectivity index (χ4v) is 2.21. The van der Waals surface area contributed by atoms with E-state index in [1.807, 2.05) is 42.5 Å². The summed E-state index contributed by atoms with van der Waals surface area (Å²) in [6, 6.07) is 16.0. The highest BCUT2D eigenvalue weighted by atomic mass is 16.5. The van der Waals surface area contributed by atoms with Gasteiger partial charge in [0.15, 0.2) is 0 Å². The zero-order chi connectivity index (χ0) is 12.4. The number of rotatable bonds is 2. The molecule has 1 N–H and O–H groups in total. The molecular weight excluding hydrogens is 224 g/mol. The first-order valence-electron chi connectivity index (χ1n) is 6.06. The highest BCUT2D eigenvalue weighted by Gasteiger charge is 2.09. The van der Waals surface area contributed by atoms with E-state index in [4.69, 9.17) is 4.74 Å². The van der Waals surface area contributed by atoms with Crippen LogP contribution in [-0.4, -0.2) is 11.7 Å². The molecule has 2 aromatic carbocycles. The van der Waals surface area contributed by atoms with Gasteiger partial charge in [0.2, 0.25) is 0 Å². The first-order chi connectivity index (χ1) is 8.88. The van der Waals surface area contributed by atoms with Crippen LogP contribution < -0.4 is 15.2 Å². The van der Waals surface area contributed by atoms with Gasteiger partial charge in [0.05, 0.1) is 6.61 Å². The van der Waals surface area contributed by atoms with E-state index in [1.54, 1.807) is 0 Å². The van der Waals surface area contributed by atoms with Gasteiger partial charge in [-0.25, -0.2) is 0 Å². The average Bonchev–Trinajstić information content (AvgIpc) is 2.56. The number of para-hydroxylation sites is 1. The summed E-state index contributed by atoms with van der Waals surface area (Å²) in [5, 5.41) is 11.4. The smallest absolute Gasteiger partial charge is 0.134 e. The summed E-state index contributed by atoms with van der Waals surface area (Å²) in [6.07, 6.45) is 2.65. The Hall–Kier alpha value is -2.06. The minimum absolute atomic E-state index is 0.0891. The molecule has 1 aliphatic rings. The maximum Gasteiger partial charge on any atom is 0.134 e. The third-order valence-corrected chi connectivity index (χ3v) is 3.06. The minimum atomic E-state index is 0.0891. The van der Waals surface area contributed by atoms with Crippen molar-refractivity contribution in [3.8, 4) is 5.75 Å². The van der Waals surface area contributed by atoms with Gasteiger partial charge >= 0.3 is 0 Å². The van der Waals surface area contributed by atoms with Crippen LogP contribution in [0.4, 0.5) is 0 Å². The second kappa shape index (κ2) is 4.67. The molecule has 3 rings (SSSR count). The molecule has 0 bridgehead atoms. The van der Waals surface area contributed by atoms with E-state index < -0.39 is 0 Å². The predicted molar refractivity (Wildman–Crippen MR) is 71.4 cm³/mol. The standard InChI is InChI=1S/C16H14O2/c17-10-9-16-14-7-3-1-5-12(14)11-13-6-2-4-8-15(13)18-16/h1-8,11,17H,9-10H2. The lowest BCUT2D eigenvalue weighted by Gasteiger charge is -2.09. The van der Waals surface area contributed by atoms with E-state index in [0.29, 0.717) is 6.42 Å². The quantitative estimate of drug-likeness (QED) is 0.857. The van der Waals surface area contributed by atoms with E-state index in [1.165, 1.54) is 0 Å².